The summed E-state index contributed by atoms with van der Waals surface area (Å²) in [5.74, 6) is -1.18. The van der Waals surface area contributed by atoms with E-state index in [1.807, 2.05) is 25.1 Å². The van der Waals surface area contributed by atoms with Crippen molar-refractivity contribution in [2.24, 2.45) is 5.41 Å². The second kappa shape index (κ2) is 7.72. The molecule has 28 heavy (non-hydrogen) atoms. The number of benzene rings is 2. The summed E-state index contributed by atoms with van der Waals surface area (Å²) in [6, 6.07) is 13.8. The molecule has 3 N–H and O–H groups in total. The number of urea groups is 1. The Balaban J connectivity index is 1.71. The number of carboxylic acid groups (broad SMARTS) is 1. The Morgan fingerprint density at radius 2 is 1.79 bits per heavy atom. The molecule has 146 valence electrons. The van der Waals surface area contributed by atoms with Crippen LogP contribution in [0.2, 0.25) is 0 Å². The van der Waals surface area contributed by atoms with Crippen molar-refractivity contribution in [1.29, 1.82) is 0 Å². The molecule has 0 bridgehead atoms. The first kappa shape index (κ1) is 19.4. The molecule has 3 amide bonds. The third-order valence-corrected chi connectivity index (χ3v) is 5.05. The Bertz CT molecular complexity index is 913. The van der Waals surface area contributed by atoms with Crippen molar-refractivity contribution in [3.63, 3.8) is 0 Å². The van der Waals surface area contributed by atoms with Gasteiger partial charge in [0.15, 0.2) is 0 Å². The first-order valence-electron chi connectivity index (χ1n) is 9.05. The predicted molar refractivity (Wildman–Crippen MR) is 107 cm³/mol. The van der Waals surface area contributed by atoms with Gasteiger partial charge >= 0.3 is 12.0 Å². The number of rotatable bonds is 4. The molecule has 1 aliphatic rings. The van der Waals surface area contributed by atoms with E-state index in [0.717, 1.165) is 5.56 Å². The van der Waals surface area contributed by atoms with E-state index in [1.165, 1.54) is 4.90 Å². The summed E-state index contributed by atoms with van der Waals surface area (Å²) in [5.41, 5.74) is 1.51. The molecule has 1 atom stereocenters. The first-order chi connectivity index (χ1) is 13.3. The van der Waals surface area contributed by atoms with E-state index < -0.39 is 11.4 Å². The molecule has 7 heteroatoms. The Labute approximate surface area is 163 Å². The molecule has 0 aromatic heterocycles. The molecule has 1 aliphatic heterocycles. The van der Waals surface area contributed by atoms with Gasteiger partial charge in [0.2, 0.25) is 0 Å². The predicted octanol–water partition coefficient (Wildman–Crippen LogP) is 3.58. The van der Waals surface area contributed by atoms with Crippen molar-refractivity contribution >= 4 is 29.3 Å². The molecule has 7 nitrogen and oxygen atoms in total. The number of carbonyl (C=O) groups is 3. The third kappa shape index (κ3) is 4.14. The minimum atomic E-state index is -0.927. The number of hydrogen-bond acceptors (Lipinski definition) is 3. The summed E-state index contributed by atoms with van der Waals surface area (Å²) in [7, 11) is 0. The molecule has 0 saturated carbocycles. The molecule has 0 aliphatic carbocycles. The highest BCUT2D eigenvalue weighted by molar-refractivity contribution is 6.05. The maximum atomic E-state index is 12.6. The highest BCUT2D eigenvalue weighted by atomic mass is 16.4. The van der Waals surface area contributed by atoms with Crippen molar-refractivity contribution in [2.45, 2.75) is 20.3 Å². The van der Waals surface area contributed by atoms with Crippen LogP contribution in [0.15, 0.2) is 48.5 Å². The van der Waals surface area contributed by atoms with Crippen LogP contribution < -0.4 is 10.6 Å². The number of amides is 3. The SMILES string of the molecule is Cc1ccc(C(=O)Nc2ccccc2)cc1NC(=O)N1CCC(C)(C(=O)O)C1. The summed E-state index contributed by atoms with van der Waals surface area (Å²) in [4.78, 5) is 37.9. The fourth-order valence-corrected chi connectivity index (χ4v) is 3.13. The highest BCUT2D eigenvalue weighted by Gasteiger charge is 2.42. The second-order valence-electron chi connectivity index (χ2n) is 7.32. The molecular formula is C21H23N3O4. The molecule has 3 rings (SSSR count). The molecule has 2 aromatic rings. The maximum absolute atomic E-state index is 12.6. The average Bonchev–Trinajstić information content (AvgIpc) is 3.08. The van der Waals surface area contributed by atoms with Gasteiger partial charge < -0.3 is 20.6 Å². The van der Waals surface area contributed by atoms with Crippen LogP contribution in [0.4, 0.5) is 16.2 Å². The number of aryl methyl sites for hydroxylation is 1. The van der Waals surface area contributed by atoms with Crippen LogP contribution in [0.1, 0.15) is 29.3 Å². The molecule has 1 fully saturated rings. The maximum Gasteiger partial charge on any atom is 0.321 e. The van der Waals surface area contributed by atoms with Crippen molar-refractivity contribution in [2.75, 3.05) is 23.7 Å². The van der Waals surface area contributed by atoms with Gasteiger partial charge in [-0.2, -0.15) is 0 Å². The molecule has 1 saturated heterocycles. The van der Waals surface area contributed by atoms with Gasteiger partial charge in [-0.25, -0.2) is 4.79 Å². The summed E-state index contributed by atoms with van der Waals surface area (Å²) >= 11 is 0. The van der Waals surface area contributed by atoms with Gasteiger partial charge in [0.25, 0.3) is 5.91 Å². The average molecular weight is 381 g/mol. The second-order valence-corrected chi connectivity index (χ2v) is 7.32. The van der Waals surface area contributed by atoms with Crippen LogP contribution in [0.25, 0.3) is 0 Å². The lowest BCUT2D eigenvalue weighted by Gasteiger charge is -2.21. The quantitative estimate of drug-likeness (QED) is 0.754. The topological polar surface area (TPSA) is 98.7 Å². The van der Waals surface area contributed by atoms with Crippen LogP contribution in [-0.4, -0.2) is 41.0 Å². The smallest absolute Gasteiger partial charge is 0.321 e. The van der Waals surface area contributed by atoms with Crippen LogP contribution in [0.3, 0.4) is 0 Å². The number of anilines is 2. The van der Waals surface area contributed by atoms with E-state index in [-0.39, 0.29) is 18.5 Å². The summed E-state index contributed by atoms with van der Waals surface area (Å²) in [6.07, 6.45) is 0.411. The number of nitrogens with zero attached hydrogens (tertiary/aromatic N) is 1. The Hall–Kier alpha value is -3.35. The summed E-state index contributed by atoms with van der Waals surface area (Å²) in [5, 5.41) is 14.9. The van der Waals surface area contributed by atoms with E-state index in [2.05, 4.69) is 10.6 Å². The number of hydrogen-bond donors (Lipinski definition) is 3. The summed E-state index contributed by atoms with van der Waals surface area (Å²) in [6.45, 7) is 4.01. The molecule has 1 heterocycles. The Morgan fingerprint density at radius 1 is 1.07 bits per heavy atom. The van der Waals surface area contributed by atoms with Crippen molar-refractivity contribution in [3.05, 3.63) is 59.7 Å². The lowest BCUT2D eigenvalue weighted by molar-refractivity contribution is -0.146. The number of nitrogens with one attached hydrogen (secondary N) is 2. The minimum Gasteiger partial charge on any atom is -0.481 e. The Kier molecular flexibility index (Phi) is 5.35. The highest BCUT2D eigenvalue weighted by Crippen LogP contribution is 2.30. The number of likely N-dealkylation sites (tertiary alicyclic amines) is 1. The lowest BCUT2D eigenvalue weighted by Crippen LogP contribution is -2.37. The number of aliphatic carboxylic acids is 1. The van der Waals surface area contributed by atoms with Crippen molar-refractivity contribution < 1.29 is 19.5 Å². The van der Waals surface area contributed by atoms with Gasteiger partial charge in [-0.1, -0.05) is 24.3 Å². The minimum absolute atomic E-state index is 0.154. The van der Waals surface area contributed by atoms with Gasteiger partial charge in [0.1, 0.15) is 0 Å². The van der Waals surface area contributed by atoms with Gasteiger partial charge in [-0.05, 0) is 50.1 Å². The van der Waals surface area contributed by atoms with Crippen LogP contribution in [0.5, 0.6) is 0 Å². The van der Waals surface area contributed by atoms with Gasteiger partial charge in [0.05, 0.1) is 5.41 Å². The standard InChI is InChI=1S/C21H23N3O4/c1-14-8-9-15(18(25)22-16-6-4-3-5-7-16)12-17(14)23-20(28)24-11-10-21(2,13-24)19(26)27/h3-9,12H,10-11,13H2,1-2H3,(H,22,25)(H,23,28)(H,26,27). The largest absolute Gasteiger partial charge is 0.481 e. The van der Waals surface area contributed by atoms with Gasteiger partial charge in [-0.15, -0.1) is 0 Å². The number of carbonyl (C=O) groups excluding carboxylic acids is 2. The molecular weight excluding hydrogens is 358 g/mol. The van der Waals surface area contributed by atoms with Crippen molar-refractivity contribution in [3.8, 4) is 0 Å². The first-order valence-corrected chi connectivity index (χ1v) is 9.05. The van der Waals surface area contributed by atoms with E-state index >= 15 is 0 Å². The normalized spacial score (nSPS) is 18.6. The van der Waals surface area contributed by atoms with Gasteiger partial charge in [0, 0.05) is 30.0 Å². The molecule has 1 unspecified atom stereocenters. The molecule has 2 aromatic carbocycles. The number of para-hydroxylation sites is 1. The van der Waals surface area contributed by atoms with Gasteiger partial charge in [-0.3, -0.25) is 9.59 Å². The summed E-state index contributed by atoms with van der Waals surface area (Å²) < 4.78 is 0. The zero-order valence-electron chi connectivity index (χ0n) is 15.9. The van der Waals surface area contributed by atoms with Crippen LogP contribution >= 0.6 is 0 Å². The fourth-order valence-electron chi connectivity index (χ4n) is 3.13. The van der Waals surface area contributed by atoms with E-state index in [1.54, 1.807) is 37.3 Å². The Morgan fingerprint density at radius 3 is 2.43 bits per heavy atom. The lowest BCUT2D eigenvalue weighted by atomic mass is 9.90. The monoisotopic (exact) mass is 381 g/mol. The number of carboxylic acids is 1. The van der Waals surface area contributed by atoms with Crippen LogP contribution in [0, 0.1) is 12.3 Å². The third-order valence-electron chi connectivity index (χ3n) is 5.05. The molecule has 0 spiro atoms. The van der Waals surface area contributed by atoms with Crippen LogP contribution in [-0.2, 0) is 4.79 Å². The zero-order chi connectivity index (χ0) is 20.3. The zero-order valence-corrected chi connectivity index (χ0v) is 15.9. The van der Waals surface area contributed by atoms with E-state index in [4.69, 9.17) is 0 Å². The van der Waals surface area contributed by atoms with Crippen molar-refractivity contribution in [1.82, 2.24) is 4.90 Å². The fraction of sp³-hybridized carbons (Fsp3) is 0.286. The van der Waals surface area contributed by atoms with E-state index in [0.29, 0.717) is 29.9 Å². The molecule has 0 radical (unpaired) electrons. The van der Waals surface area contributed by atoms with E-state index in [9.17, 15) is 19.5 Å².